The number of carbonyl (C=O) groups excluding carboxylic acids is 2. The molecule has 9 heteroatoms. The second-order valence-electron chi connectivity index (χ2n) is 5.70. The maximum absolute atomic E-state index is 12.5. The molecular formula is C19H16N2O7. The van der Waals surface area contributed by atoms with E-state index in [9.17, 15) is 19.7 Å². The fraction of sp³-hybridized carbons (Fsp3) is 0.158. The number of carbonyl (C=O) groups is 2. The number of benzene rings is 2. The fourth-order valence-corrected chi connectivity index (χ4v) is 2.94. The van der Waals surface area contributed by atoms with Crippen LogP contribution in [0.5, 0.6) is 0 Å². The molecule has 144 valence electrons. The van der Waals surface area contributed by atoms with Crippen molar-refractivity contribution in [1.82, 2.24) is 0 Å². The van der Waals surface area contributed by atoms with Gasteiger partial charge in [-0.05, 0) is 18.2 Å². The van der Waals surface area contributed by atoms with Crippen LogP contribution < -0.4 is 5.06 Å². The Balaban J connectivity index is 2.27. The number of nitrogens with zero attached hydrogens (tertiary/aromatic N) is 2. The number of hydroxylamine groups is 1. The Hall–Kier alpha value is -3.88. The first-order chi connectivity index (χ1) is 13.5. The molecule has 0 bridgehead atoms. The molecule has 0 aromatic heterocycles. The smallest absolute Gasteiger partial charge is 0.377 e. The zero-order valence-electron chi connectivity index (χ0n) is 15.0. The average Bonchev–Trinajstić information content (AvgIpc) is 3.13. The van der Waals surface area contributed by atoms with Gasteiger partial charge in [0.1, 0.15) is 11.6 Å². The number of ether oxygens (including phenoxy) is 2. The van der Waals surface area contributed by atoms with Gasteiger partial charge in [0.05, 0.1) is 30.4 Å². The number of rotatable bonds is 5. The van der Waals surface area contributed by atoms with Crippen LogP contribution in [0.1, 0.15) is 11.6 Å². The number of esters is 2. The van der Waals surface area contributed by atoms with Crippen molar-refractivity contribution in [3.8, 4) is 0 Å². The minimum atomic E-state index is -1.09. The van der Waals surface area contributed by atoms with Crippen molar-refractivity contribution in [2.45, 2.75) is 6.04 Å². The lowest BCUT2D eigenvalue weighted by Crippen LogP contribution is -2.26. The molecule has 9 nitrogen and oxygen atoms in total. The number of para-hydroxylation sites is 2. The molecule has 0 amide bonds. The van der Waals surface area contributed by atoms with Gasteiger partial charge in [-0.3, -0.25) is 10.1 Å². The molecule has 1 heterocycles. The molecule has 0 spiro atoms. The molecule has 0 N–H and O–H groups in total. The minimum absolute atomic E-state index is 0.163. The Labute approximate surface area is 159 Å². The summed E-state index contributed by atoms with van der Waals surface area (Å²) in [6.45, 7) is 0. The van der Waals surface area contributed by atoms with Crippen LogP contribution in [0.3, 0.4) is 0 Å². The Bertz CT molecular complexity index is 956. The van der Waals surface area contributed by atoms with Gasteiger partial charge in [-0.1, -0.05) is 30.3 Å². The van der Waals surface area contributed by atoms with Gasteiger partial charge in [0.2, 0.25) is 0 Å². The summed E-state index contributed by atoms with van der Waals surface area (Å²) in [5.41, 5.74) is 0.221. The molecule has 3 rings (SSSR count). The van der Waals surface area contributed by atoms with Crippen LogP contribution in [0.2, 0.25) is 0 Å². The molecule has 2 aromatic rings. The predicted octanol–water partition coefficient (Wildman–Crippen LogP) is 2.69. The van der Waals surface area contributed by atoms with Crippen molar-refractivity contribution in [1.29, 1.82) is 0 Å². The van der Waals surface area contributed by atoms with Crippen molar-refractivity contribution in [2.24, 2.45) is 0 Å². The van der Waals surface area contributed by atoms with Crippen LogP contribution in [-0.4, -0.2) is 31.1 Å². The van der Waals surface area contributed by atoms with E-state index < -0.39 is 22.9 Å². The number of methoxy groups -OCH3 is 2. The van der Waals surface area contributed by atoms with E-state index in [1.807, 2.05) is 0 Å². The van der Waals surface area contributed by atoms with Crippen molar-refractivity contribution in [2.75, 3.05) is 19.3 Å². The maximum Gasteiger partial charge on any atom is 0.377 e. The van der Waals surface area contributed by atoms with Crippen molar-refractivity contribution >= 4 is 23.3 Å². The molecule has 28 heavy (non-hydrogen) atoms. The molecule has 0 radical (unpaired) electrons. The molecule has 0 fully saturated rings. The Morgan fingerprint density at radius 3 is 2.21 bits per heavy atom. The quantitative estimate of drug-likeness (QED) is 0.440. The third kappa shape index (κ3) is 3.25. The first-order valence-corrected chi connectivity index (χ1v) is 8.16. The van der Waals surface area contributed by atoms with Gasteiger partial charge in [0.15, 0.2) is 0 Å². The van der Waals surface area contributed by atoms with E-state index in [2.05, 4.69) is 0 Å². The monoisotopic (exact) mass is 384 g/mol. The molecule has 0 saturated heterocycles. The van der Waals surface area contributed by atoms with E-state index in [1.54, 1.807) is 36.4 Å². The third-order valence-electron chi connectivity index (χ3n) is 4.16. The highest BCUT2D eigenvalue weighted by Crippen LogP contribution is 2.44. The van der Waals surface area contributed by atoms with Gasteiger partial charge in [-0.2, -0.15) is 5.06 Å². The molecule has 2 aromatic carbocycles. The summed E-state index contributed by atoms with van der Waals surface area (Å²) in [6, 6.07) is 13.4. The zero-order chi connectivity index (χ0) is 20.3. The fourth-order valence-electron chi connectivity index (χ4n) is 2.94. The van der Waals surface area contributed by atoms with E-state index >= 15 is 0 Å². The number of hydrogen-bond acceptors (Lipinski definition) is 8. The van der Waals surface area contributed by atoms with E-state index in [-0.39, 0.29) is 22.6 Å². The van der Waals surface area contributed by atoms with Gasteiger partial charge < -0.3 is 14.3 Å². The van der Waals surface area contributed by atoms with Gasteiger partial charge in [0, 0.05) is 6.07 Å². The predicted molar refractivity (Wildman–Crippen MR) is 96.9 cm³/mol. The molecular weight excluding hydrogens is 368 g/mol. The lowest BCUT2D eigenvalue weighted by molar-refractivity contribution is -0.385. The third-order valence-corrected chi connectivity index (χ3v) is 4.16. The van der Waals surface area contributed by atoms with Crippen LogP contribution in [0.25, 0.3) is 0 Å². The first-order valence-electron chi connectivity index (χ1n) is 8.16. The molecule has 0 saturated carbocycles. The lowest BCUT2D eigenvalue weighted by atomic mass is 9.96. The summed E-state index contributed by atoms with van der Waals surface area (Å²) < 4.78 is 9.53. The highest BCUT2D eigenvalue weighted by Gasteiger charge is 2.46. The summed E-state index contributed by atoms with van der Waals surface area (Å²) in [5.74, 6) is -2.15. The summed E-state index contributed by atoms with van der Waals surface area (Å²) in [5, 5.41) is 12.8. The van der Waals surface area contributed by atoms with E-state index in [0.717, 1.165) is 14.2 Å². The molecule has 0 aliphatic carbocycles. The Morgan fingerprint density at radius 2 is 1.61 bits per heavy atom. The van der Waals surface area contributed by atoms with Crippen molar-refractivity contribution in [3.63, 3.8) is 0 Å². The summed E-state index contributed by atoms with van der Waals surface area (Å²) >= 11 is 0. The van der Waals surface area contributed by atoms with Gasteiger partial charge in [0.25, 0.3) is 11.4 Å². The molecule has 1 atom stereocenters. The molecule has 1 aliphatic rings. The first kappa shape index (κ1) is 18.9. The maximum atomic E-state index is 12.5. The van der Waals surface area contributed by atoms with Crippen LogP contribution in [-0.2, 0) is 23.9 Å². The van der Waals surface area contributed by atoms with Gasteiger partial charge >= 0.3 is 11.9 Å². The normalized spacial score (nSPS) is 15.8. The number of nitro groups is 1. The van der Waals surface area contributed by atoms with Crippen LogP contribution >= 0.6 is 0 Å². The lowest BCUT2D eigenvalue weighted by Gasteiger charge is -2.26. The summed E-state index contributed by atoms with van der Waals surface area (Å²) in [4.78, 5) is 41.4. The summed E-state index contributed by atoms with van der Waals surface area (Å²) in [7, 11) is 2.28. The Morgan fingerprint density at radius 1 is 1.00 bits per heavy atom. The van der Waals surface area contributed by atoms with Gasteiger partial charge in [-0.15, -0.1) is 0 Å². The second-order valence-corrected chi connectivity index (χ2v) is 5.70. The average molecular weight is 384 g/mol. The number of anilines is 1. The highest BCUT2D eigenvalue weighted by atomic mass is 16.7. The number of nitro benzene ring substituents is 1. The second kappa shape index (κ2) is 7.78. The van der Waals surface area contributed by atoms with Crippen LogP contribution in [0.4, 0.5) is 11.4 Å². The largest absolute Gasteiger partial charge is 0.465 e. The topological polar surface area (TPSA) is 108 Å². The van der Waals surface area contributed by atoms with Crippen LogP contribution in [0, 0.1) is 10.1 Å². The van der Waals surface area contributed by atoms with E-state index in [4.69, 9.17) is 14.3 Å². The van der Waals surface area contributed by atoms with E-state index in [1.165, 1.54) is 23.3 Å². The number of hydrogen-bond donors (Lipinski definition) is 0. The SMILES string of the molecule is COC(=O)C1=C(C(=O)OC)[C@H](c2ccccc2[N+](=O)[O-])N(c2ccccc2)O1. The van der Waals surface area contributed by atoms with E-state index in [0.29, 0.717) is 5.69 Å². The minimum Gasteiger partial charge on any atom is -0.465 e. The van der Waals surface area contributed by atoms with Crippen molar-refractivity contribution in [3.05, 3.63) is 81.6 Å². The Kier molecular flexibility index (Phi) is 5.25. The van der Waals surface area contributed by atoms with Gasteiger partial charge in [-0.25, -0.2) is 9.59 Å². The molecule has 0 unspecified atom stereocenters. The summed E-state index contributed by atoms with van der Waals surface area (Å²) in [6.07, 6.45) is 0. The van der Waals surface area contributed by atoms with Crippen molar-refractivity contribution < 1.29 is 28.8 Å². The zero-order valence-corrected chi connectivity index (χ0v) is 15.0. The standard InChI is InChI=1S/C19H16N2O7/c1-26-18(22)15-16(13-10-6-7-11-14(13)21(24)25)20(12-8-4-3-5-9-12)28-17(15)19(23)27-2/h3-11,16H,1-2H3/t16-/m0/s1. The highest BCUT2D eigenvalue weighted by molar-refractivity contribution is 6.02. The van der Waals surface area contributed by atoms with Crippen LogP contribution in [0.15, 0.2) is 65.9 Å². The molecule has 1 aliphatic heterocycles.